The predicted molar refractivity (Wildman–Crippen MR) is 99.3 cm³/mol. The molecule has 7 nitrogen and oxygen atoms in total. The van der Waals surface area contributed by atoms with E-state index in [2.05, 4.69) is 0 Å². The Morgan fingerprint density at radius 3 is 2.58 bits per heavy atom. The van der Waals surface area contributed by atoms with Gasteiger partial charge in [-0.25, -0.2) is 8.42 Å². The van der Waals surface area contributed by atoms with Crippen molar-refractivity contribution in [1.29, 1.82) is 0 Å². The molecule has 0 radical (unpaired) electrons. The summed E-state index contributed by atoms with van der Waals surface area (Å²) in [6, 6.07) is 12.6. The van der Waals surface area contributed by atoms with Crippen molar-refractivity contribution in [2.45, 2.75) is 18.0 Å². The fourth-order valence-corrected chi connectivity index (χ4v) is 4.78. The van der Waals surface area contributed by atoms with Gasteiger partial charge in [-0.15, -0.1) is 11.3 Å². The van der Waals surface area contributed by atoms with E-state index < -0.39 is 14.9 Å². The molecule has 26 heavy (non-hydrogen) atoms. The number of sulfonamides is 1. The zero-order valence-corrected chi connectivity index (χ0v) is 15.6. The molecule has 2 heterocycles. The third-order valence-electron chi connectivity index (χ3n) is 3.97. The average Bonchev–Trinajstić information content (AvgIpc) is 3.26. The summed E-state index contributed by atoms with van der Waals surface area (Å²) < 4.78 is 29.5. The van der Waals surface area contributed by atoms with Crippen molar-refractivity contribution in [3.8, 4) is 0 Å². The largest absolute Gasteiger partial charge is 0.353 e. The fraction of sp³-hybridized carbons (Fsp3) is 0.176. The molecule has 3 rings (SSSR count). The second kappa shape index (κ2) is 7.40. The summed E-state index contributed by atoms with van der Waals surface area (Å²) in [5, 5.41) is 12.9. The molecule has 136 valence electrons. The maximum absolute atomic E-state index is 13.2. The molecule has 9 heteroatoms. The zero-order chi connectivity index (χ0) is 18.7. The number of thiophene rings is 1. The SMILES string of the molecule is Cn1cccc1CN(Cc1cccs1)S(=O)(=O)c1cccc([N+](=O)[O-])c1. The molecule has 0 aliphatic rings. The number of aryl methyl sites for hydroxylation is 1. The maximum Gasteiger partial charge on any atom is 0.270 e. The van der Waals surface area contributed by atoms with Gasteiger partial charge in [-0.05, 0) is 29.6 Å². The summed E-state index contributed by atoms with van der Waals surface area (Å²) in [6.07, 6.45) is 1.85. The molecule has 0 N–H and O–H groups in total. The van der Waals surface area contributed by atoms with Crippen molar-refractivity contribution in [3.63, 3.8) is 0 Å². The Kier molecular flexibility index (Phi) is 5.21. The van der Waals surface area contributed by atoms with Gasteiger partial charge in [-0.3, -0.25) is 10.1 Å². The second-order valence-corrected chi connectivity index (χ2v) is 8.69. The standard InChI is InChI=1S/C17H17N3O4S2/c1-18-9-3-6-15(18)12-19(13-16-7-4-10-25-16)26(23,24)17-8-2-5-14(11-17)20(21)22/h2-11H,12-13H2,1H3. The molecule has 0 atom stereocenters. The van der Waals surface area contributed by atoms with Crippen molar-refractivity contribution in [2.24, 2.45) is 7.05 Å². The minimum atomic E-state index is -3.90. The molecule has 3 aromatic rings. The molecule has 0 amide bonds. The number of nitrogens with zero attached hydrogens (tertiary/aromatic N) is 3. The van der Waals surface area contributed by atoms with E-state index >= 15 is 0 Å². The Bertz CT molecular complexity index is 1010. The number of hydrogen-bond donors (Lipinski definition) is 0. The van der Waals surface area contributed by atoms with Crippen LogP contribution in [0.2, 0.25) is 0 Å². The molecular formula is C17H17N3O4S2. The molecule has 0 saturated carbocycles. The topological polar surface area (TPSA) is 85.5 Å². The molecule has 0 bridgehead atoms. The van der Waals surface area contributed by atoms with Crippen LogP contribution in [0.1, 0.15) is 10.6 Å². The van der Waals surface area contributed by atoms with E-state index in [1.54, 1.807) is 0 Å². The zero-order valence-electron chi connectivity index (χ0n) is 14.0. The summed E-state index contributed by atoms with van der Waals surface area (Å²) in [7, 11) is -2.06. The first-order valence-electron chi connectivity index (χ1n) is 7.75. The normalized spacial score (nSPS) is 11.8. The van der Waals surface area contributed by atoms with Crippen LogP contribution in [0.3, 0.4) is 0 Å². The smallest absolute Gasteiger partial charge is 0.270 e. The van der Waals surface area contributed by atoms with Gasteiger partial charge in [0.25, 0.3) is 5.69 Å². The molecular weight excluding hydrogens is 374 g/mol. The first-order valence-corrected chi connectivity index (χ1v) is 10.1. The van der Waals surface area contributed by atoms with Gasteiger partial charge in [0.1, 0.15) is 0 Å². The fourth-order valence-electron chi connectivity index (χ4n) is 2.55. The van der Waals surface area contributed by atoms with Crippen molar-refractivity contribution in [2.75, 3.05) is 0 Å². The van der Waals surface area contributed by atoms with Crippen LogP contribution in [-0.2, 0) is 30.2 Å². The second-order valence-electron chi connectivity index (χ2n) is 5.72. The number of aromatic nitrogens is 1. The Morgan fingerprint density at radius 1 is 1.15 bits per heavy atom. The van der Waals surface area contributed by atoms with Crippen molar-refractivity contribution in [1.82, 2.24) is 8.87 Å². The van der Waals surface area contributed by atoms with Crippen LogP contribution in [0, 0.1) is 10.1 Å². The minimum absolute atomic E-state index is 0.0857. The van der Waals surface area contributed by atoms with Gasteiger partial charge < -0.3 is 4.57 Å². The Labute approximate surface area is 155 Å². The van der Waals surface area contributed by atoms with Crippen LogP contribution in [0.4, 0.5) is 5.69 Å². The third-order valence-corrected chi connectivity index (χ3v) is 6.62. The summed E-state index contributed by atoms with van der Waals surface area (Å²) >= 11 is 1.47. The molecule has 0 aliphatic heterocycles. The van der Waals surface area contributed by atoms with E-state index in [9.17, 15) is 18.5 Å². The number of benzene rings is 1. The van der Waals surface area contributed by atoms with Gasteiger partial charge in [0.05, 0.1) is 16.4 Å². The van der Waals surface area contributed by atoms with E-state index in [0.29, 0.717) is 0 Å². The van der Waals surface area contributed by atoms with Crippen molar-refractivity contribution in [3.05, 3.63) is 80.8 Å². The monoisotopic (exact) mass is 391 g/mol. The first-order chi connectivity index (χ1) is 12.4. The highest BCUT2D eigenvalue weighted by atomic mass is 32.2. The van der Waals surface area contributed by atoms with E-state index in [1.165, 1.54) is 33.8 Å². The average molecular weight is 391 g/mol. The number of hydrogen-bond acceptors (Lipinski definition) is 5. The van der Waals surface area contributed by atoms with Gasteiger partial charge in [0.15, 0.2) is 0 Å². The lowest BCUT2D eigenvalue weighted by Gasteiger charge is -2.22. The number of non-ortho nitro benzene ring substituents is 1. The highest BCUT2D eigenvalue weighted by Crippen LogP contribution is 2.25. The summed E-state index contributed by atoms with van der Waals surface area (Å²) in [5.41, 5.74) is 0.580. The Balaban J connectivity index is 2.00. The number of nitro benzene ring substituents is 1. The summed E-state index contributed by atoms with van der Waals surface area (Å²) in [6.45, 7) is 0.375. The lowest BCUT2D eigenvalue weighted by molar-refractivity contribution is -0.385. The van der Waals surface area contributed by atoms with Crippen LogP contribution in [0.25, 0.3) is 0 Å². The van der Waals surface area contributed by atoms with E-state index in [4.69, 9.17) is 0 Å². The molecule has 1 aromatic carbocycles. The summed E-state index contributed by atoms with van der Waals surface area (Å²) in [4.78, 5) is 11.2. The molecule has 0 fully saturated rings. The van der Waals surface area contributed by atoms with Gasteiger partial charge in [0, 0.05) is 42.5 Å². The number of nitro groups is 1. The predicted octanol–water partition coefficient (Wildman–Crippen LogP) is 3.39. The first kappa shape index (κ1) is 18.3. The van der Waals surface area contributed by atoms with Crippen molar-refractivity contribution >= 4 is 27.0 Å². The van der Waals surface area contributed by atoms with Crippen molar-refractivity contribution < 1.29 is 13.3 Å². The van der Waals surface area contributed by atoms with Crippen LogP contribution < -0.4 is 0 Å². The third kappa shape index (κ3) is 3.85. The van der Waals surface area contributed by atoms with Gasteiger partial charge in [-0.1, -0.05) is 12.1 Å². The maximum atomic E-state index is 13.2. The highest BCUT2D eigenvalue weighted by molar-refractivity contribution is 7.89. The minimum Gasteiger partial charge on any atom is -0.353 e. The molecule has 0 aliphatic carbocycles. The van der Waals surface area contributed by atoms with Gasteiger partial charge >= 0.3 is 0 Å². The van der Waals surface area contributed by atoms with E-state index in [0.717, 1.165) is 16.6 Å². The Hall–Kier alpha value is -2.49. The molecule has 0 unspecified atom stereocenters. The number of rotatable bonds is 7. The van der Waals surface area contributed by atoms with Gasteiger partial charge in [0.2, 0.25) is 10.0 Å². The van der Waals surface area contributed by atoms with Crippen LogP contribution >= 0.6 is 11.3 Å². The highest BCUT2D eigenvalue weighted by Gasteiger charge is 2.27. The van der Waals surface area contributed by atoms with E-state index in [1.807, 2.05) is 47.5 Å². The van der Waals surface area contributed by atoms with Crippen LogP contribution in [0.5, 0.6) is 0 Å². The molecule has 2 aromatic heterocycles. The van der Waals surface area contributed by atoms with Crippen LogP contribution in [0.15, 0.2) is 65.0 Å². The summed E-state index contributed by atoms with van der Waals surface area (Å²) in [5.74, 6) is 0. The van der Waals surface area contributed by atoms with Gasteiger partial charge in [-0.2, -0.15) is 4.31 Å². The Morgan fingerprint density at radius 2 is 1.96 bits per heavy atom. The van der Waals surface area contributed by atoms with E-state index in [-0.39, 0.29) is 23.7 Å². The molecule has 0 saturated heterocycles. The molecule has 0 spiro atoms. The van der Waals surface area contributed by atoms with Crippen LogP contribution in [-0.4, -0.2) is 22.2 Å². The lowest BCUT2D eigenvalue weighted by atomic mass is 10.3. The lowest BCUT2D eigenvalue weighted by Crippen LogP contribution is -2.30. The quantitative estimate of drug-likeness (QED) is 0.456.